The Morgan fingerprint density at radius 1 is 1.15 bits per heavy atom. The molecule has 3 rings (SSSR count). The molecule has 0 aliphatic heterocycles. The Kier molecular flexibility index (Phi) is 16.0. The number of carboxylic acids is 1. The summed E-state index contributed by atoms with van der Waals surface area (Å²) in [6, 6.07) is 4.30. The molecule has 0 saturated carbocycles. The molecule has 1 aromatic carbocycles. The van der Waals surface area contributed by atoms with Gasteiger partial charge in [-0.25, -0.2) is 14.8 Å². The molecule has 2 aromatic heterocycles. The molecule has 256 valence electrons. The van der Waals surface area contributed by atoms with Gasteiger partial charge < -0.3 is 47.4 Å². The number of H-pyrrole nitrogens is 1. The minimum Gasteiger partial charge on any atom is -0.480 e. The largest absolute Gasteiger partial charge is 0.480 e. The van der Waals surface area contributed by atoms with Gasteiger partial charge in [0, 0.05) is 30.2 Å². The first-order valence-electron chi connectivity index (χ1n) is 14.4. The van der Waals surface area contributed by atoms with E-state index in [2.05, 4.69) is 55.4 Å². The molecule has 0 radical (unpaired) electrons. The number of nitrogens with zero attached hydrogens (tertiary/aromatic N) is 3. The van der Waals surface area contributed by atoms with Gasteiger partial charge in [0.15, 0.2) is 11.2 Å². The summed E-state index contributed by atoms with van der Waals surface area (Å²) in [5.74, 6) is -2.58. The third kappa shape index (κ3) is 12.1. The van der Waals surface area contributed by atoms with E-state index in [1.54, 1.807) is 12.1 Å². The van der Waals surface area contributed by atoms with E-state index < -0.39 is 48.3 Å². The van der Waals surface area contributed by atoms with Crippen molar-refractivity contribution in [3.63, 3.8) is 0 Å². The number of aromatic amines is 1. The number of carbonyl (C=O) groups is 4. The highest BCUT2D eigenvalue weighted by atomic mass is 32.1. The molecule has 18 nitrogen and oxygen atoms in total. The summed E-state index contributed by atoms with van der Waals surface area (Å²) in [6.45, 7) is 2.70. The predicted octanol–water partition coefficient (Wildman–Crippen LogP) is -1.86. The molecule has 2 heterocycles. The van der Waals surface area contributed by atoms with Crippen LogP contribution in [0.15, 0.2) is 35.3 Å². The summed E-state index contributed by atoms with van der Waals surface area (Å²) in [4.78, 5) is 71.6. The highest BCUT2D eigenvalue weighted by Gasteiger charge is 2.33. The zero-order chi connectivity index (χ0) is 34.9. The van der Waals surface area contributed by atoms with Gasteiger partial charge in [0.25, 0.3) is 11.5 Å². The predicted molar refractivity (Wildman–Crippen MR) is 173 cm³/mol. The van der Waals surface area contributed by atoms with Crippen molar-refractivity contribution >= 4 is 59.6 Å². The van der Waals surface area contributed by atoms with E-state index in [0.29, 0.717) is 24.3 Å². The maximum Gasteiger partial charge on any atom is 0.327 e. The van der Waals surface area contributed by atoms with Crippen molar-refractivity contribution in [1.82, 2.24) is 35.9 Å². The molecule has 0 saturated heterocycles. The van der Waals surface area contributed by atoms with E-state index in [1.165, 1.54) is 6.20 Å². The van der Waals surface area contributed by atoms with Gasteiger partial charge >= 0.3 is 5.97 Å². The lowest BCUT2D eigenvalue weighted by Gasteiger charge is -2.26. The summed E-state index contributed by atoms with van der Waals surface area (Å²) in [5, 5.41) is 46.7. The number of hydrogen-bond acceptors (Lipinski definition) is 14. The molecule has 4 atom stereocenters. The summed E-state index contributed by atoms with van der Waals surface area (Å²) in [6.07, 6.45) is 0.315. The number of carbonyl (C=O) groups excluding carboxylic acids is 3. The fraction of sp³-hybridized carbons (Fsp3) is 0.429. The first kappa shape index (κ1) is 38.3. The summed E-state index contributed by atoms with van der Waals surface area (Å²) in [5.41, 5.74) is 7.43. The number of nitrogen functional groups attached to an aromatic ring is 1. The first-order chi connectivity index (χ1) is 22.4. The van der Waals surface area contributed by atoms with Crippen LogP contribution in [0, 0.1) is 0 Å². The van der Waals surface area contributed by atoms with Crippen LogP contribution >= 0.6 is 12.6 Å². The quantitative estimate of drug-likeness (QED) is 0.0425. The molecule has 0 fully saturated rings. The van der Waals surface area contributed by atoms with Gasteiger partial charge in [-0.3, -0.25) is 24.2 Å². The molecular formula is C28H39N9O9S. The number of amides is 3. The molecule has 0 aliphatic rings. The number of aliphatic hydroxyl groups is 3. The maximum atomic E-state index is 12.0. The molecule has 3 aromatic rings. The normalized spacial score (nSPS) is 13.2. The number of nitrogens with one attached hydrogen (secondary N) is 5. The monoisotopic (exact) mass is 677 g/mol. The van der Waals surface area contributed by atoms with Crippen molar-refractivity contribution < 1.29 is 39.6 Å². The molecule has 3 amide bonds. The van der Waals surface area contributed by atoms with Gasteiger partial charge in [-0.1, -0.05) is 13.3 Å². The van der Waals surface area contributed by atoms with Gasteiger partial charge in [0.1, 0.15) is 18.2 Å². The van der Waals surface area contributed by atoms with Crippen LogP contribution in [0.4, 0.5) is 11.6 Å². The molecule has 0 bridgehead atoms. The van der Waals surface area contributed by atoms with Gasteiger partial charge in [-0.05, 0) is 37.1 Å². The van der Waals surface area contributed by atoms with Gasteiger partial charge in [-0.2, -0.15) is 17.6 Å². The van der Waals surface area contributed by atoms with Crippen LogP contribution in [0.3, 0.4) is 0 Å². The molecule has 0 aliphatic carbocycles. The van der Waals surface area contributed by atoms with Crippen molar-refractivity contribution in [3.05, 3.63) is 52.1 Å². The number of fused-ring (bicyclic) bond motifs is 1. The minimum absolute atomic E-state index is 0.00601. The van der Waals surface area contributed by atoms with Crippen LogP contribution in [0.25, 0.3) is 11.2 Å². The Balaban J connectivity index is 0.000000345. The molecule has 47 heavy (non-hydrogen) atoms. The van der Waals surface area contributed by atoms with E-state index in [-0.39, 0.29) is 41.6 Å². The van der Waals surface area contributed by atoms with E-state index in [9.17, 15) is 34.2 Å². The number of unbranched alkanes of at least 4 members (excludes halogenated alkanes) is 1. The minimum atomic E-state index is -1.69. The van der Waals surface area contributed by atoms with Crippen molar-refractivity contribution in [2.24, 2.45) is 0 Å². The molecule has 19 heteroatoms. The lowest BCUT2D eigenvalue weighted by atomic mass is 10.0. The Morgan fingerprint density at radius 2 is 1.85 bits per heavy atom. The number of benzene rings is 1. The van der Waals surface area contributed by atoms with E-state index in [4.69, 9.17) is 15.9 Å². The Bertz CT molecular complexity index is 1540. The van der Waals surface area contributed by atoms with Crippen LogP contribution in [0.1, 0.15) is 42.2 Å². The topological polar surface area (TPSA) is 295 Å². The highest BCUT2D eigenvalue weighted by molar-refractivity contribution is 7.80. The standard InChI is InChI=1S/C18H21N7O2.C10H18N2O7S/c1-2-3-8-20-16(26)11-4-6-12(7-5-11)21-9-13-10-22-15-14(23-13)17(27)25-18(19)24-15;13-2-1-6(15)8(16)7(11-4-14)9(17)12-5(3-20)10(18)19/h4-7,10,21H,2-3,8-9H2,1H3,(H,20,26)(H3,19,22,24,25,27);4-8,13,15-16,20H,1-3H2,(H,11,14)(H,12,17)(H,18,19)/t;5?,6?,7-,8?/m.0/s1. The lowest BCUT2D eigenvalue weighted by Crippen LogP contribution is -2.57. The maximum absolute atomic E-state index is 12.0. The van der Waals surface area contributed by atoms with Crippen molar-refractivity contribution in [2.75, 3.05) is 30.0 Å². The van der Waals surface area contributed by atoms with Gasteiger partial charge in [0.2, 0.25) is 18.3 Å². The molecule has 11 N–H and O–H groups in total. The summed E-state index contributed by atoms with van der Waals surface area (Å²) < 4.78 is 0. The van der Waals surface area contributed by atoms with Gasteiger partial charge in [-0.15, -0.1) is 0 Å². The van der Waals surface area contributed by atoms with E-state index >= 15 is 0 Å². The molecule has 3 unspecified atom stereocenters. The Hall–Kier alpha value is -4.85. The number of anilines is 2. The third-order valence-electron chi connectivity index (χ3n) is 6.41. The van der Waals surface area contributed by atoms with Crippen LogP contribution in [-0.4, -0.2) is 108 Å². The van der Waals surface area contributed by atoms with E-state index in [0.717, 1.165) is 18.5 Å². The average Bonchev–Trinajstić information content (AvgIpc) is 3.05. The fourth-order valence-electron chi connectivity index (χ4n) is 3.84. The molecular weight excluding hydrogens is 638 g/mol. The number of rotatable bonds is 17. The second kappa shape index (κ2) is 19.6. The van der Waals surface area contributed by atoms with Crippen LogP contribution < -0.4 is 32.6 Å². The lowest BCUT2D eigenvalue weighted by molar-refractivity contribution is -0.142. The first-order valence-corrected chi connectivity index (χ1v) is 15.0. The highest BCUT2D eigenvalue weighted by Crippen LogP contribution is 2.12. The molecule has 0 spiro atoms. The van der Waals surface area contributed by atoms with E-state index in [1.807, 2.05) is 17.4 Å². The Morgan fingerprint density at radius 3 is 2.45 bits per heavy atom. The van der Waals surface area contributed by atoms with Gasteiger partial charge in [0.05, 0.1) is 24.5 Å². The number of aliphatic carboxylic acids is 1. The van der Waals surface area contributed by atoms with Crippen molar-refractivity contribution in [2.45, 2.75) is 57.0 Å². The summed E-state index contributed by atoms with van der Waals surface area (Å²) in [7, 11) is 0. The number of thiol groups is 1. The average molecular weight is 678 g/mol. The SMILES string of the molecule is CCCCNC(=O)c1ccc(NCc2cnc3nc(N)[nH]c(=O)c3n2)cc1.O=CN[C@H](C(=O)NC(CS)C(=O)O)C(O)C(O)CCO. The zero-order valence-corrected chi connectivity index (χ0v) is 26.3. The number of nitrogens with two attached hydrogens (primary N) is 1. The number of carboxylic acid groups (broad SMARTS) is 1. The van der Waals surface area contributed by atoms with Crippen molar-refractivity contribution in [1.29, 1.82) is 0 Å². The number of hydrogen-bond donors (Lipinski definition) is 11. The second-order valence-corrected chi connectivity index (χ2v) is 10.3. The van der Waals surface area contributed by atoms with Crippen LogP contribution in [0.2, 0.25) is 0 Å². The van der Waals surface area contributed by atoms with Crippen LogP contribution in [0.5, 0.6) is 0 Å². The Labute approximate surface area is 274 Å². The fourth-order valence-corrected chi connectivity index (χ4v) is 4.09. The van der Waals surface area contributed by atoms with Crippen LogP contribution in [-0.2, 0) is 20.9 Å². The second-order valence-electron chi connectivity index (χ2n) is 9.94. The third-order valence-corrected chi connectivity index (χ3v) is 6.78. The zero-order valence-electron chi connectivity index (χ0n) is 25.4. The smallest absolute Gasteiger partial charge is 0.327 e. The number of aliphatic hydroxyl groups excluding tert-OH is 3. The summed E-state index contributed by atoms with van der Waals surface area (Å²) >= 11 is 3.75. The number of aromatic nitrogens is 4. The van der Waals surface area contributed by atoms with Crippen molar-refractivity contribution in [3.8, 4) is 0 Å².